The van der Waals surface area contributed by atoms with Gasteiger partial charge in [-0.25, -0.2) is 4.98 Å². The number of aromatic amines is 1. The lowest BCUT2D eigenvalue weighted by Crippen LogP contribution is -2.48. The van der Waals surface area contributed by atoms with Crippen LogP contribution in [-0.4, -0.2) is 57.0 Å². The molecule has 0 unspecified atom stereocenters. The van der Waals surface area contributed by atoms with Crippen molar-refractivity contribution in [3.8, 4) is 17.3 Å². The number of H-pyrrole nitrogens is 1. The summed E-state index contributed by atoms with van der Waals surface area (Å²) >= 11 is 6.34. The van der Waals surface area contributed by atoms with E-state index in [0.717, 1.165) is 37.4 Å². The van der Waals surface area contributed by atoms with E-state index < -0.39 is 0 Å². The number of piperazine rings is 1. The number of hydrogen-bond donors (Lipinski definition) is 2. The topological polar surface area (TPSA) is 85.3 Å². The van der Waals surface area contributed by atoms with Crippen molar-refractivity contribution in [3.63, 3.8) is 0 Å². The lowest BCUT2D eigenvalue weighted by molar-refractivity contribution is -0.129. The molecule has 3 heterocycles. The molecule has 3 aromatic rings. The van der Waals surface area contributed by atoms with Crippen LogP contribution < -0.4 is 4.90 Å². The molecular weight excluding hydrogens is 354 g/mol. The number of pyridine rings is 1. The first-order valence-corrected chi connectivity index (χ1v) is 8.75. The molecule has 134 valence electrons. The number of nitrogens with zero attached hydrogens (tertiary/aromatic N) is 4. The number of amides is 1. The Balaban J connectivity index is 1.56. The monoisotopic (exact) mass is 371 g/mol. The van der Waals surface area contributed by atoms with E-state index in [1.54, 1.807) is 13.0 Å². The Morgan fingerprint density at radius 1 is 1.15 bits per heavy atom. The number of hydrogen-bond acceptors (Lipinski definition) is 5. The van der Waals surface area contributed by atoms with Gasteiger partial charge in [0, 0.05) is 44.4 Å². The zero-order valence-corrected chi connectivity index (χ0v) is 15.0. The SMILES string of the molecule is CC(=O)N1CCN(c2ccc(-c3nc4nc(O)[nH]c4cc3Cl)cc2)CC1. The second kappa shape index (κ2) is 6.49. The molecule has 8 heteroatoms. The van der Waals surface area contributed by atoms with Crippen LogP contribution in [0.4, 0.5) is 5.69 Å². The van der Waals surface area contributed by atoms with Gasteiger partial charge in [-0.15, -0.1) is 0 Å². The van der Waals surface area contributed by atoms with Crippen molar-refractivity contribution < 1.29 is 9.90 Å². The van der Waals surface area contributed by atoms with Crippen molar-refractivity contribution in [2.45, 2.75) is 6.92 Å². The first-order valence-electron chi connectivity index (χ1n) is 8.37. The van der Waals surface area contributed by atoms with Crippen LogP contribution in [0.25, 0.3) is 22.4 Å². The van der Waals surface area contributed by atoms with Gasteiger partial charge in [0.25, 0.3) is 6.01 Å². The first-order chi connectivity index (χ1) is 12.5. The Labute approximate surface area is 155 Å². The Morgan fingerprint density at radius 3 is 2.50 bits per heavy atom. The molecule has 1 amide bonds. The van der Waals surface area contributed by atoms with Crippen molar-refractivity contribution in [3.05, 3.63) is 35.4 Å². The van der Waals surface area contributed by atoms with Crippen LogP contribution in [0, 0.1) is 0 Å². The summed E-state index contributed by atoms with van der Waals surface area (Å²) in [7, 11) is 0. The Hall–Kier alpha value is -2.80. The van der Waals surface area contributed by atoms with Crippen LogP contribution in [0.15, 0.2) is 30.3 Å². The average molecular weight is 372 g/mol. The molecule has 2 N–H and O–H groups in total. The van der Waals surface area contributed by atoms with E-state index in [4.69, 9.17) is 11.6 Å². The van der Waals surface area contributed by atoms with E-state index in [9.17, 15) is 9.90 Å². The Morgan fingerprint density at radius 2 is 1.85 bits per heavy atom. The summed E-state index contributed by atoms with van der Waals surface area (Å²) in [6.07, 6.45) is 0. The molecule has 0 atom stereocenters. The predicted octanol–water partition coefficient (Wildman–Crippen LogP) is 2.65. The summed E-state index contributed by atoms with van der Waals surface area (Å²) in [5, 5.41) is 9.95. The van der Waals surface area contributed by atoms with Crippen LogP contribution in [0.2, 0.25) is 5.02 Å². The summed E-state index contributed by atoms with van der Waals surface area (Å²) in [6.45, 7) is 4.72. The van der Waals surface area contributed by atoms with Gasteiger partial charge in [0.05, 0.1) is 16.2 Å². The smallest absolute Gasteiger partial charge is 0.293 e. The molecule has 0 saturated carbocycles. The number of aromatic nitrogens is 3. The molecule has 1 aliphatic heterocycles. The molecule has 1 fully saturated rings. The lowest BCUT2D eigenvalue weighted by Gasteiger charge is -2.35. The Bertz CT molecular complexity index is 962. The number of rotatable bonds is 2. The van der Waals surface area contributed by atoms with Crippen LogP contribution >= 0.6 is 11.6 Å². The molecule has 0 aliphatic carbocycles. The number of nitrogens with one attached hydrogen (secondary N) is 1. The third-order valence-corrected chi connectivity index (χ3v) is 4.93. The number of imidazole rings is 1. The summed E-state index contributed by atoms with van der Waals surface area (Å²) in [5.41, 5.74) is 3.62. The van der Waals surface area contributed by atoms with Gasteiger partial charge >= 0.3 is 0 Å². The van der Waals surface area contributed by atoms with Crippen LogP contribution in [0.1, 0.15) is 6.92 Å². The molecule has 0 bridgehead atoms. The number of aromatic hydroxyl groups is 1. The number of carbonyl (C=O) groups excluding carboxylic acids is 1. The highest BCUT2D eigenvalue weighted by Gasteiger charge is 2.19. The van der Waals surface area contributed by atoms with E-state index in [-0.39, 0.29) is 11.9 Å². The van der Waals surface area contributed by atoms with Gasteiger partial charge in [0.1, 0.15) is 0 Å². The van der Waals surface area contributed by atoms with Crippen molar-refractivity contribution in [1.82, 2.24) is 19.9 Å². The van der Waals surface area contributed by atoms with Crippen molar-refractivity contribution in [1.29, 1.82) is 0 Å². The third kappa shape index (κ3) is 3.06. The lowest BCUT2D eigenvalue weighted by atomic mass is 10.1. The van der Waals surface area contributed by atoms with E-state index >= 15 is 0 Å². The van der Waals surface area contributed by atoms with E-state index in [0.29, 0.717) is 21.9 Å². The first kappa shape index (κ1) is 16.7. The van der Waals surface area contributed by atoms with Crippen molar-refractivity contribution in [2.24, 2.45) is 0 Å². The molecule has 2 aromatic heterocycles. The minimum absolute atomic E-state index is 0.125. The molecule has 1 saturated heterocycles. The van der Waals surface area contributed by atoms with Gasteiger partial charge < -0.3 is 19.9 Å². The normalized spacial score (nSPS) is 14.8. The molecular formula is C18H18ClN5O2. The molecule has 7 nitrogen and oxygen atoms in total. The molecule has 0 spiro atoms. The molecule has 4 rings (SSSR count). The number of fused-ring (bicyclic) bond motifs is 1. The van der Waals surface area contributed by atoms with Gasteiger partial charge in [-0.05, 0) is 18.2 Å². The molecule has 0 radical (unpaired) electrons. The molecule has 1 aromatic carbocycles. The maximum atomic E-state index is 11.4. The van der Waals surface area contributed by atoms with Gasteiger partial charge in [0.15, 0.2) is 5.65 Å². The van der Waals surface area contributed by atoms with E-state index in [1.807, 2.05) is 29.2 Å². The maximum Gasteiger partial charge on any atom is 0.293 e. The van der Waals surface area contributed by atoms with Crippen molar-refractivity contribution >= 4 is 34.4 Å². The predicted molar refractivity (Wildman–Crippen MR) is 100 cm³/mol. The quantitative estimate of drug-likeness (QED) is 0.723. The maximum absolute atomic E-state index is 11.4. The minimum atomic E-state index is -0.180. The highest BCUT2D eigenvalue weighted by atomic mass is 35.5. The van der Waals surface area contributed by atoms with Gasteiger partial charge in [-0.3, -0.25) is 4.79 Å². The Kier molecular flexibility index (Phi) is 4.16. The summed E-state index contributed by atoms with van der Waals surface area (Å²) in [4.78, 5) is 26.6. The summed E-state index contributed by atoms with van der Waals surface area (Å²) in [6, 6.07) is 9.53. The second-order valence-electron chi connectivity index (χ2n) is 6.29. The molecule has 1 aliphatic rings. The zero-order valence-electron chi connectivity index (χ0n) is 14.2. The van der Waals surface area contributed by atoms with Gasteiger partial charge in [-0.2, -0.15) is 4.98 Å². The van der Waals surface area contributed by atoms with Crippen LogP contribution in [0.5, 0.6) is 6.01 Å². The average Bonchev–Trinajstić information content (AvgIpc) is 3.00. The second-order valence-corrected chi connectivity index (χ2v) is 6.70. The number of carbonyl (C=O) groups is 1. The fraction of sp³-hybridized carbons (Fsp3) is 0.278. The number of halogens is 1. The summed E-state index contributed by atoms with van der Waals surface area (Å²) in [5.74, 6) is 0.125. The highest BCUT2D eigenvalue weighted by molar-refractivity contribution is 6.33. The number of benzene rings is 1. The number of anilines is 1. The van der Waals surface area contributed by atoms with Crippen LogP contribution in [0.3, 0.4) is 0 Å². The molecule has 26 heavy (non-hydrogen) atoms. The summed E-state index contributed by atoms with van der Waals surface area (Å²) < 4.78 is 0. The largest absolute Gasteiger partial charge is 0.480 e. The third-order valence-electron chi connectivity index (χ3n) is 4.65. The van der Waals surface area contributed by atoms with Crippen molar-refractivity contribution in [2.75, 3.05) is 31.1 Å². The minimum Gasteiger partial charge on any atom is -0.480 e. The highest BCUT2D eigenvalue weighted by Crippen LogP contribution is 2.30. The van der Waals surface area contributed by atoms with Gasteiger partial charge in [-0.1, -0.05) is 23.7 Å². The fourth-order valence-corrected chi connectivity index (χ4v) is 3.48. The van der Waals surface area contributed by atoms with E-state index in [2.05, 4.69) is 19.9 Å². The zero-order chi connectivity index (χ0) is 18.3. The van der Waals surface area contributed by atoms with Crippen LogP contribution in [-0.2, 0) is 4.79 Å². The van der Waals surface area contributed by atoms with Gasteiger partial charge in [0.2, 0.25) is 5.91 Å². The fourth-order valence-electron chi connectivity index (χ4n) is 3.22. The van der Waals surface area contributed by atoms with E-state index in [1.165, 1.54) is 0 Å². The standard InChI is InChI=1S/C18H18ClN5O2/c1-11(25)23-6-8-24(9-7-23)13-4-2-12(3-5-13)16-14(19)10-15-17(21-16)22-18(26)20-15/h2-5,10H,6-9H2,1H3,(H2,20,21,22,26).